The van der Waals surface area contributed by atoms with Crippen molar-refractivity contribution in [2.24, 2.45) is 5.14 Å². The molecule has 0 aliphatic carbocycles. The SMILES string of the molecule is C[C@H](NC(=O)COC(=O)c1cc(S(N)(=O)=O)ccc1Cl)c1ccccc1. The van der Waals surface area contributed by atoms with Crippen LogP contribution in [0.4, 0.5) is 0 Å². The highest BCUT2D eigenvalue weighted by molar-refractivity contribution is 7.89. The van der Waals surface area contributed by atoms with E-state index in [-0.39, 0.29) is 21.5 Å². The number of amides is 1. The van der Waals surface area contributed by atoms with E-state index >= 15 is 0 Å². The van der Waals surface area contributed by atoms with Crippen molar-refractivity contribution < 1.29 is 22.7 Å². The van der Waals surface area contributed by atoms with Crippen molar-refractivity contribution in [2.75, 3.05) is 6.61 Å². The Balaban J connectivity index is 1.99. The number of primary sulfonamides is 1. The van der Waals surface area contributed by atoms with E-state index in [0.29, 0.717) is 0 Å². The van der Waals surface area contributed by atoms with Crippen molar-refractivity contribution in [2.45, 2.75) is 17.9 Å². The molecule has 3 N–H and O–H groups in total. The first-order valence-electron chi connectivity index (χ1n) is 7.52. The summed E-state index contributed by atoms with van der Waals surface area (Å²) in [6, 6.07) is 12.4. The topological polar surface area (TPSA) is 116 Å². The van der Waals surface area contributed by atoms with Crippen molar-refractivity contribution in [1.82, 2.24) is 5.32 Å². The van der Waals surface area contributed by atoms with Gasteiger partial charge in [-0.05, 0) is 30.7 Å². The van der Waals surface area contributed by atoms with Gasteiger partial charge in [0.05, 0.1) is 21.5 Å². The number of rotatable bonds is 6. The molecule has 0 saturated heterocycles. The molecule has 0 radical (unpaired) electrons. The molecule has 2 aromatic rings. The Bertz CT molecular complexity index is 916. The molecule has 0 heterocycles. The predicted molar refractivity (Wildman–Crippen MR) is 96.1 cm³/mol. The molecule has 0 unspecified atom stereocenters. The minimum Gasteiger partial charge on any atom is -0.452 e. The van der Waals surface area contributed by atoms with Crippen molar-refractivity contribution >= 4 is 33.5 Å². The maximum Gasteiger partial charge on any atom is 0.340 e. The van der Waals surface area contributed by atoms with Gasteiger partial charge in [-0.1, -0.05) is 41.9 Å². The van der Waals surface area contributed by atoms with E-state index in [2.05, 4.69) is 5.32 Å². The summed E-state index contributed by atoms with van der Waals surface area (Å²) in [5, 5.41) is 7.70. The Kier molecular flexibility index (Phi) is 6.36. The van der Waals surface area contributed by atoms with Crippen LogP contribution < -0.4 is 10.5 Å². The largest absolute Gasteiger partial charge is 0.452 e. The van der Waals surface area contributed by atoms with E-state index < -0.39 is 28.5 Å². The van der Waals surface area contributed by atoms with Gasteiger partial charge in [0.25, 0.3) is 5.91 Å². The van der Waals surface area contributed by atoms with E-state index in [1.54, 1.807) is 6.92 Å². The molecule has 0 aliphatic heterocycles. The summed E-state index contributed by atoms with van der Waals surface area (Å²) in [6.07, 6.45) is 0. The number of benzene rings is 2. The van der Waals surface area contributed by atoms with E-state index in [0.717, 1.165) is 11.6 Å². The fourth-order valence-corrected chi connectivity index (χ4v) is 2.89. The van der Waals surface area contributed by atoms with Crippen molar-refractivity contribution in [1.29, 1.82) is 0 Å². The van der Waals surface area contributed by atoms with Gasteiger partial charge in [-0.3, -0.25) is 4.79 Å². The van der Waals surface area contributed by atoms with Gasteiger partial charge in [-0.25, -0.2) is 18.4 Å². The maximum atomic E-state index is 12.1. The van der Waals surface area contributed by atoms with Crippen LogP contribution >= 0.6 is 11.6 Å². The number of halogens is 1. The minimum atomic E-state index is -4.00. The number of nitrogens with two attached hydrogens (primary N) is 1. The molecule has 1 atom stereocenters. The standard InChI is InChI=1S/C17H17ClN2O5S/c1-11(12-5-3-2-4-6-12)20-16(21)10-25-17(22)14-9-13(26(19,23)24)7-8-15(14)18/h2-9,11H,10H2,1H3,(H,20,21)(H2,19,23,24)/t11-/m0/s1. The Morgan fingerprint density at radius 1 is 1.19 bits per heavy atom. The van der Waals surface area contributed by atoms with Crippen LogP contribution in [-0.4, -0.2) is 26.9 Å². The van der Waals surface area contributed by atoms with Gasteiger partial charge in [-0.2, -0.15) is 0 Å². The quantitative estimate of drug-likeness (QED) is 0.724. The second kappa shape index (κ2) is 8.31. The fourth-order valence-electron chi connectivity index (χ4n) is 2.15. The Labute approximate surface area is 156 Å². The van der Waals surface area contributed by atoms with Crippen LogP contribution in [0.15, 0.2) is 53.4 Å². The van der Waals surface area contributed by atoms with Crippen LogP contribution in [0, 0.1) is 0 Å². The lowest BCUT2D eigenvalue weighted by atomic mass is 10.1. The maximum absolute atomic E-state index is 12.1. The van der Waals surface area contributed by atoms with Crippen molar-refractivity contribution in [3.8, 4) is 0 Å². The van der Waals surface area contributed by atoms with Crippen LogP contribution in [-0.2, 0) is 19.6 Å². The molecule has 0 spiro atoms. The van der Waals surface area contributed by atoms with Crippen LogP contribution in [0.2, 0.25) is 5.02 Å². The zero-order valence-electron chi connectivity index (χ0n) is 13.8. The van der Waals surface area contributed by atoms with E-state index in [4.69, 9.17) is 21.5 Å². The average molecular weight is 397 g/mol. The number of esters is 1. The molecule has 7 nitrogen and oxygen atoms in total. The smallest absolute Gasteiger partial charge is 0.340 e. The highest BCUT2D eigenvalue weighted by Gasteiger charge is 2.18. The first kappa shape index (κ1) is 19.9. The minimum absolute atomic E-state index is 0.0135. The summed E-state index contributed by atoms with van der Waals surface area (Å²) in [6.45, 7) is 1.26. The zero-order valence-corrected chi connectivity index (χ0v) is 15.4. The summed E-state index contributed by atoms with van der Waals surface area (Å²) in [5.41, 5.74) is 0.707. The normalized spacial score (nSPS) is 12.3. The summed E-state index contributed by atoms with van der Waals surface area (Å²) < 4.78 is 27.6. The molecule has 0 aromatic heterocycles. The number of carbonyl (C=O) groups is 2. The first-order chi connectivity index (χ1) is 12.2. The summed E-state index contributed by atoms with van der Waals surface area (Å²) in [5.74, 6) is -1.43. The lowest BCUT2D eigenvalue weighted by molar-refractivity contribution is -0.124. The molecular formula is C17H17ClN2O5S. The molecule has 0 aliphatic rings. The third kappa shape index (κ3) is 5.29. The van der Waals surface area contributed by atoms with Crippen molar-refractivity contribution in [3.05, 3.63) is 64.7 Å². The third-order valence-corrected chi connectivity index (χ3v) is 4.74. The Morgan fingerprint density at radius 3 is 2.46 bits per heavy atom. The number of nitrogens with one attached hydrogen (secondary N) is 1. The number of ether oxygens (including phenoxy) is 1. The second-order valence-corrected chi connectivity index (χ2v) is 7.43. The molecule has 0 saturated carbocycles. The predicted octanol–water partition coefficient (Wildman–Crippen LogP) is 2.02. The molecule has 138 valence electrons. The van der Waals surface area contributed by atoms with E-state index in [1.807, 2.05) is 30.3 Å². The summed E-state index contributed by atoms with van der Waals surface area (Å²) in [7, 11) is -4.00. The monoisotopic (exact) mass is 396 g/mol. The first-order valence-corrected chi connectivity index (χ1v) is 9.44. The highest BCUT2D eigenvalue weighted by atomic mass is 35.5. The number of sulfonamides is 1. The zero-order chi connectivity index (χ0) is 19.3. The molecule has 9 heteroatoms. The molecule has 2 rings (SSSR count). The lowest BCUT2D eigenvalue weighted by Crippen LogP contribution is -2.31. The number of carbonyl (C=O) groups excluding carboxylic acids is 2. The molecule has 1 amide bonds. The van der Waals surface area contributed by atoms with Gasteiger partial charge in [0, 0.05) is 0 Å². The lowest BCUT2D eigenvalue weighted by Gasteiger charge is -2.14. The average Bonchev–Trinajstić information content (AvgIpc) is 2.59. The molecule has 2 aromatic carbocycles. The van der Waals surface area contributed by atoms with Crippen molar-refractivity contribution in [3.63, 3.8) is 0 Å². The Morgan fingerprint density at radius 2 is 1.85 bits per heavy atom. The van der Waals surface area contributed by atoms with Gasteiger partial charge < -0.3 is 10.1 Å². The van der Waals surface area contributed by atoms with Gasteiger partial charge in [-0.15, -0.1) is 0 Å². The molecule has 0 bridgehead atoms. The van der Waals surface area contributed by atoms with Gasteiger partial charge in [0.15, 0.2) is 6.61 Å². The molecule has 26 heavy (non-hydrogen) atoms. The van der Waals surface area contributed by atoms with Crippen LogP contribution in [0.5, 0.6) is 0 Å². The Hall–Kier alpha value is -2.42. The summed E-state index contributed by atoms with van der Waals surface area (Å²) >= 11 is 5.88. The fraction of sp³-hybridized carbons (Fsp3) is 0.176. The van der Waals surface area contributed by atoms with Crippen LogP contribution in [0.1, 0.15) is 28.9 Å². The molecule has 0 fully saturated rings. The van der Waals surface area contributed by atoms with Crippen LogP contribution in [0.25, 0.3) is 0 Å². The van der Waals surface area contributed by atoms with Gasteiger partial charge in [0.2, 0.25) is 10.0 Å². The molecular weight excluding hydrogens is 380 g/mol. The number of hydrogen-bond acceptors (Lipinski definition) is 5. The highest BCUT2D eigenvalue weighted by Crippen LogP contribution is 2.20. The van der Waals surface area contributed by atoms with Crippen LogP contribution in [0.3, 0.4) is 0 Å². The van der Waals surface area contributed by atoms with E-state index in [9.17, 15) is 18.0 Å². The van der Waals surface area contributed by atoms with E-state index in [1.165, 1.54) is 12.1 Å². The summed E-state index contributed by atoms with van der Waals surface area (Å²) in [4.78, 5) is 23.7. The second-order valence-electron chi connectivity index (χ2n) is 5.46. The van der Waals surface area contributed by atoms with Gasteiger partial charge in [0.1, 0.15) is 0 Å². The number of hydrogen-bond donors (Lipinski definition) is 2. The third-order valence-electron chi connectivity index (χ3n) is 3.50. The van der Waals surface area contributed by atoms with Gasteiger partial charge >= 0.3 is 5.97 Å².